The number of carbonyl (C=O) groups is 3. The van der Waals surface area contributed by atoms with Crippen molar-refractivity contribution in [2.24, 2.45) is 11.8 Å². The standard InChI is InChI=1S/C27H41BrN2O6/c1-6-8-12-16-35-25(34)19-20-23(32)29(14-10-9-11-15-31)22(27(20)17-18(28)21(19)36-27)24(33)30(13-7-2)26(3,4)5/h6-7,18-22,31H,1-2,8-17H2,3-5H3/t18?,19-,20+,21-,22?,27?/m1/s1. The van der Waals surface area contributed by atoms with Gasteiger partial charge in [-0.15, -0.1) is 13.2 Å². The van der Waals surface area contributed by atoms with E-state index >= 15 is 0 Å². The summed E-state index contributed by atoms with van der Waals surface area (Å²) in [5, 5.41) is 9.18. The average molecular weight is 570 g/mol. The monoisotopic (exact) mass is 568 g/mol. The highest BCUT2D eigenvalue weighted by molar-refractivity contribution is 9.09. The number of allylic oxidation sites excluding steroid dienone is 1. The van der Waals surface area contributed by atoms with Gasteiger partial charge >= 0.3 is 5.97 Å². The van der Waals surface area contributed by atoms with Gasteiger partial charge in [-0.05, 0) is 59.3 Å². The highest BCUT2D eigenvalue weighted by atomic mass is 79.9. The summed E-state index contributed by atoms with van der Waals surface area (Å²) < 4.78 is 12.1. The lowest BCUT2D eigenvalue weighted by Crippen LogP contribution is -2.60. The number of rotatable bonds is 13. The van der Waals surface area contributed by atoms with Gasteiger partial charge in [0.1, 0.15) is 11.6 Å². The molecule has 0 radical (unpaired) electrons. The van der Waals surface area contributed by atoms with E-state index in [0.29, 0.717) is 38.8 Å². The summed E-state index contributed by atoms with van der Waals surface area (Å²) in [6.45, 7) is 14.4. The molecule has 8 nitrogen and oxygen atoms in total. The molecule has 36 heavy (non-hydrogen) atoms. The maximum absolute atomic E-state index is 14.2. The lowest BCUT2D eigenvalue weighted by molar-refractivity contribution is -0.155. The molecular weight excluding hydrogens is 528 g/mol. The predicted octanol–water partition coefficient (Wildman–Crippen LogP) is 3.22. The maximum Gasteiger partial charge on any atom is 0.312 e. The summed E-state index contributed by atoms with van der Waals surface area (Å²) in [5.74, 6) is -2.39. The van der Waals surface area contributed by atoms with Crippen LogP contribution in [0, 0.1) is 11.8 Å². The normalized spacial score (nSPS) is 30.9. The predicted molar refractivity (Wildman–Crippen MR) is 140 cm³/mol. The Kier molecular flexibility index (Phi) is 9.44. The molecule has 2 bridgehead atoms. The Labute approximate surface area is 223 Å². The molecule has 202 valence electrons. The molecule has 3 saturated heterocycles. The first-order chi connectivity index (χ1) is 17.0. The minimum atomic E-state index is -1.10. The van der Waals surface area contributed by atoms with Gasteiger partial charge in [0.2, 0.25) is 11.8 Å². The van der Waals surface area contributed by atoms with Crippen LogP contribution in [0.5, 0.6) is 0 Å². The lowest BCUT2D eigenvalue weighted by Gasteiger charge is -2.42. The van der Waals surface area contributed by atoms with Gasteiger partial charge in [0.25, 0.3) is 0 Å². The zero-order chi connectivity index (χ0) is 26.7. The number of carbonyl (C=O) groups excluding carboxylic acids is 3. The van der Waals surface area contributed by atoms with Crippen molar-refractivity contribution in [3.8, 4) is 0 Å². The van der Waals surface area contributed by atoms with E-state index in [1.54, 1.807) is 22.0 Å². The molecule has 0 aromatic rings. The molecule has 0 aliphatic carbocycles. The van der Waals surface area contributed by atoms with Crippen LogP contribution in [0.3, 0.4) is 0 Å². The minimum absolute atomic E-state index is 0.0792. The van der Waals surface area contributed by atoms with Crippen molar-refractivity contribution < 1.29 is 29.0 Å². The Morgan fingerprint density at radius 3 is 2.58 bits per heavy atom. The molecule has 0 saturated carbocycles. The van der Waals surface area contributed by atoms with Gasteiger partial charge in [-0.1, -0.05) is 28.1 Å². The molecule has 3 aliphatic rings. The smallest absolute Gasteiger partial charge is 0.312 e. The van der Waals surface area contributed by atoms with Crippen LogP contribution in [-0.2, 0) is 23.9 Å². The molecule has 1 N–H and O–H groups in total. The molecule has 0 aromatic heterocycles. The Hall–Kier alpha value is -1.71. The summed E-state index contributed by atoms with van der Waals surface area (Å²) >= 11 is 3.68. The van der Waals surface area contributed by atoms with Crippen molar-refractivity contribution in [1.29, 1.82) is 0 Å². The number of unbranched alkanes of at least 4 members (excludes halogenated alkanes) is 3. The number of nitrogens with zero attached hydrogens (tertiary/aromatic N) is 2. The molecule has 3 unspecified atom stereocenters. The highest BCUT2D eigenvalue weighted by Crippen LogP contribution is 2.60. The van der Waals surface area contributed by atoms with Gasteiger partial charge in [0.15, 0.2) is 0 Å². The summed E-state index contributed by atoms with van der Waals surface area (Å²) in [6.07, 6.45) is 6.79. The Balaban J connectivity index is 1.97. The zero-order valence-corrected chi connectivity index (χ0v) is 23.4. The summed E-state index contributed by atoms with van der Waals surface area (Å²) in [5.41, 5.74) is -1.60. The third-order valence-corrected chi connectivity index (χ3v) is 8.38. The molecule has 0 aromatic carbocycles. The second-order valence-corrected chi connectivity index (χ2v) is 12.2. The van der Waals surface area contributed by atoms with Crippen molar-refractivity contribution in [3.05, 3.63) is 25.3 Å². The van der Waals surface area contributed by atoms with Gasteiger partial charge in [-0.25, -0.2) is 0 Å². The second kappa shape index (κ2) is 11.8. The number of fused-ring (bicyclic) bond motifs is 1. The number of hydrogen-bond donors (Lipinski definition) is 1. The van der Waals surface area contributed by atoms with Crippen molar-refractivity contribution in [3.63, 3.8) is 0 Å². The zero-order valence-electron chi connectivity index (χ0n) is 21.8. The maximum atomic E-state index is 14.2. The van der Waals surface area contributed by atoms with Crippen LogP contribution < -0.4 is 0 Å². The average Bonchev–Trinajstić information content (AvgIpc) is 3.40. The van der Waals surface area contributed by atoms with Gasteiger partial charge in [0.05, 0.1) is 24.5 Å². The molecule has 3 heterocycles. The SMILES string of the molecule is C=CCCCOC(=O)[C@H]1[C@@H]2OC3(CC2Br)C(C(=O)N(CC=C)C(C)(C)C)N(CCCCCO)C(=O)[C@H]13. The minimum Gasteiger partial charge on any atom is -0.465 e. The number of alkyl halides is 1. The topological polar surface area (TPSA) is 96.4 Å². The number of esters is 1. The fraction of sp³-hybridized carbons (Fsp3) is 0.741. The molecule has 3 rings (SSSR count). The van der Waals surface area contributed by atoms with Gasteiger partial charge in [-0.2, -0.15) is 0 Å². The Bertz CT molecular complexity index is 858. The molecule has 2 amide bonds. The quantitative estimate of drug-likeness (QED) is 0.158. The summed E-state index contributed by atoms with van der Waals surface area (Å²) in [6, 6.07) is -0.841. The fourth-order valence-electron chi connectivity index (χ4n) is 5.96. The van der Waals surface area contributed by atoms with Crippen LogP contribution in [0.15, 0.2) is 25.3 Å². The summed E-state index contributed by atoms with van der Waals surface area (Å²) in [4.78, 5) is 44.6. The first-order valence-electron chi connectivity index (χ1n) is 13.0. The number of aliphatic hydroxyl groups excluding tert-OH is 1. The third-order valence-electron chi connectivity index (χ3n) is 7.54. The van der Waals surface area contributed by atoms with Crippen LogP contribution in [-0.4, -0.2) is 87.1 Å². The molecule has 9 heteroatoms. The Morgan fingerprint density at radius 1 is 1.25 bits per heavy atom. The van der Waals surface area contributed by atoms with E-state index in [9.17, 15) is 19.5 Å². The van der Waals surface area contributed by atoms with Crippen LogP contribution in [0.2, 0.25) is 0 Å². The molecule has 3 aliphatic heterocycles. The first-order valence-corrected chi connectivity index (χ1v) is 13.9. The van der Waals surface area contributed by atoms with Crippen LogP contribution in [0.4, 0.5) is 0 Å². The number of aliphatic hydroxyl groups is 1. The van der Waals surface area contributed by atoms with Gasteiger partial charge < -0.3 is 24.4 Å². The number of ether oxygens (including phenoxy) is 2. The van der Waals surface area contributed by atoms with Gasteiger partial charge in [-0.3, -0.25) is 14.4 Å². The van der Waals surface area contributed by atoms with E-state index in [1.165, 1.54) is 0 Å². The van der Waals surface area contributed by atoms with Crippen molar-refractivity contribution in [1.82, 2.24) is 9.80 Å². The van der Waals surface area contributed by atoms with E-state index < -0.39 is 41.1 Å². The lowest BCUT2D eigenvalue weighted by atomic mass is 9.70. The number of likely N-dealkylation sites (tertiary alicyclic amines) is 1. The molecule has 3 fully saturated rings. The number of hydrogen-bond acceptors (Lipinski definition) is 6. The van der Waals surface area contributed by atoms with Gasteiger partial charge in [0, 0.05) is 30.1 Å². The van der Waals surface area contributed by atoms with Crippen LogP contribution in [0.25, 0.3) is 0 Å². The molecule has 1 spiro atoms. The molecular formula is C27H41BrN2O6. The molecule has 6 atom stereocenters. The van der Waals surface area contributed by atoms with E-state index in [4.69, 9.17) is 9.47 Å². The first kappa shape index (κ1) is 28.9. The number of amides is 2. The highest BCUT2D eigenvalue weighted by Gasteiger charge is 2.77. The largest absolute Gasteiger partial charge is 0.465 e. The van der Waals surface area contributed by atoms with Crippen molar-refractivity contribution >= 4 is 33.7 Å². The fourth-order valence-corrected chi connectivity index (χ4v) is 6.90. The van der Waals surface area contributed by atoms with Crippen LogP contribution in [0.1, 0.15) is 59.3 Å². The second-order valence-electron chi connectivity index (χ2n) is 11.0. The van der Waals surface area contributed by atoms with Crippen molar-refractivity contribution in [2.75, 3.05) is 26.3 Å². The Morgan fingerprint density at radius 2 is 1.97 bits per heavy atom. The number of halogens is 1. The van der Waals surface area contributed by atoms with Crippen molar-refractivity contribution in [2.45, 2.75) is 87.4 Å². The van der Waals surface area contributed by atoms with E-state index in [-0.39, 0.29) is 29.9 Å². The van der Waals surface area contributed by atoms with E-state index in [0.717, 1.165) is 12.8 Å². The summed E-state index contributed by atoms with van der Waals surface area (Å²) in [7, 11) is 0. The van der Waals surface area contributed by atoms with E-state index in [2.05, 4.69) is 29.1 Å². The third kappa shape index (κ3) is 5.29. The van der Waals surface area contributed by atoms with E-state index in [1.807, 2.05) is 20.8 Å². The van der Waals surface area contributed by atoms with Crippen LogP contribution >= 0.6 is 15.9 Å².